The van der Waals surface area contributed by atoms with Gasteiger partial charge in [-0.15, -0.1) is 0 Å². The number of hydrogen-bond acceptors (Lipinski definition) is 5. The molecular weight excluding hydrogens is 254 g/mol. The fourth-order valence-electron chi connectivity index (χ4n) is 1.76. The minimum atomic E-state index is -0.228. The number of fused-ring (bicyclic) bond motifs is 1. The molecule has 0 unspecified atom stereocenters. The number of aryl methyl sites for hydroxylation is 1. The average molecular weight is 265 g/mol. The molecule has 5 heteroatoms. The molecule has 0 aliphatic heterocycles. The van der Waals surface area contributed by atoms with Crippen LogP contribution in [0.1, 0.15) is 5.56 Å². The van der Waals surface area contributed by atoms with E-state index in [9.17, 15) is 4.79 Å². The Hall–Kier alpha value is -2.82. The van der Waals surface area contributed by atoms with E-state index in [1.165, 1.54) is 12.5 Å². The fourth-order valence-corrected chi connectivity index (χ4v) is 1.76. The Morgan fingerprint density at radius 1 is 1.00 bits per heavy atom. The van der Waals surface area contributed by atoms with Gasteiger partial charge in [-0.1, -0.05) is 17.7 Å². The Balaban J connectivity index is 2.00. The highest BCUT2D eigenvalue weighted by Crippen LogP contribution is 2.19. The smallest absolute Gasteiger partial charge is 0.223 e. The fraction of sp³-hybridized carbons (Fsp3) is 0.0667. The maximum absolute atomic E-state index is 11.7. The van der Waals surface area contributed by atoms with Crippen LogP contribution in [-0.2, 0) is 0 Å². The number of nitrogens with zero attached hydrogens (tertiary/aromatic N) is 3. The van der Waals surface area contributed by atoms with Crippen LogP contribution in [0.5, 0.6) is 0 Å². The Morgan fingerprint density at radius 3 is 2.50 bits per heavy atom. The molecule has 2 aromatic carbocycles. The van der Waals surface area contributed by atoms with E-state index in [1.54, 1.807) is 12.1 Å². The molecule has 0 saturated carbocycles. The first-order valence-electron chi connectivity index (χ1n) is 6.08. The van der Waals surface area contributed by atoms with Gasteiger partial charge in [0.25, 0.3) is 0 Å². The zero-order valence-electron chi connectivity index (χ0n) is 10.8. The molecular formula is C15H11N3O2. The van der Waals surface area contributed by atoms with Gasteiger partial charge < -0.3 is 4.42 Å². The van der Waals surface area contributed by atoms with Gasteiger partial charge in [-0.2, -0.15) is 10.2 Å². The van der Waals surface area contributed by atoms with Crippen LogP contribution in [0.2, 0.25) is 0 Å². The van der Waals surface area contributed by atoms with Crippen LogP contribution < -0.4 is 5.43 Å². The number of benzene rings is 1. The third-order valence-electron chi connectivity index (χ3n) is 2.82. The quantitative estimate of drug-likeness (QED) is 0.659. The Kier molecular flexibility index (Phi) is 3.09. The van der Waals surface area contributed by atoms with Gasteiger partial charge in [0.1, 0.15) is 5.52 Å². The summed E-state index contributed by atoms with van der Waals surface area (Å²) < 4.78 is 5.04. The summed E-state index contributed by atoms with van der Waals surface area (Å²) in [7, 11) is 0. The topological polar surface area (TPSA) is 67.8 Å². The molecule has 0 radical (unpaired) electrons. The zero-order chi connectivity index (χ0) is 13.9. The number of hydrogen-bond donors (Lipinski definition) is 0. The lowest BCUT2D eigenvalue weighted by atomic mass is 10.2. The Labute approximate surface area is 114 Å². The van der Waals surface area contributed by atoms with Crippen LogP contribution in [-0.4, -0.2) is 4.98 Å². The molecule has 3 rings (SSSR count). The number of aromatic nitrogens is 1. The predicted octanol–water partition coefficient (Wildman–Crippen LogP) is 3.91. The van der Waals surface area contributed by atoms with E-state index >= 15 is 0 Å². The van der Waals surface area contributed by atoms with E-state index in [0.29, 0.717) is 11.2 Å². The van der Waals surface area contributed by atoms with Crippen LogP contribution in [0, 0.1) is 6.92 Å². The maximum Gasteiger partial charge on any atom is 0.223 e. The van der Waals surface area contributed by atoms with Gasteiger partial charge in [0.15, 0.2) is 6.39 Å². The van der Waals surface area contributed by atoms with Crippen LogP contribution in [0.15, 0.2) is 68.3 Å². The number of rotatable bonds is 2. The molecule has 0 N–H and O–H groups in total. The maximum atomic E-state index is 11.7. The monoisotopic (exact) mass is 265 g/mol. The molecule has 0 atom stereocenters. The van der Waals surface area contributed by atoms with Gasteiger partial charge in [-0.3, -0.25) is 4.79 Å². The summed E-state index contributed by atoms with van der Waals surface area (Å²) in [5.74, 6) is 0. The van der Waals surface area contributed by atoms with Crippen molar-refractivity contribution < 1.29 is 4.42 Å². The predicted molar refractivity (Wildman–Crippen MR) is 75.6 cm³/mol. The highest BCUT2D eigenvalue weighted by atomic mass is 16.3. The van der Waals surface area contributed by atoms with Crippen molar-refractivity contribution in [1.82, 2.24) is 4.98 Å². The largest absolute Gasteiger partial charge is 0.439 e. The van der Waals surface area contributed by atoms with Gasteiger partial charge in [-0.25, -0.2) is 4.98 Å². The second kappa shape index (κ2) is 5.05. The summed E-state index contributed by atoms with van der Waals surface area (Å²) in [5.41, 5.74) is 2.93. The zero-order valence-corrected chi connectivity index (χ0v) is 10.8. The lowest BCUT2D eigenvalue weighted by molar-refractivity contribution is 0.599. The number of oxazole rings is 1. The van der Waals surface area contributed by atoms with Crippen molar-refractivity contribution in [3.8, 4) is 0 Å². The molecule has 0 aliphatic carbocycles. The standard InChI is InChI=1S/C15H11N3O2/c1-10-2-4-11(5-3-10)17-18-12-6-7-14(19)15-13(8-12)16-9-20-15/h2-9H,1H3. The molecule has 3 aromatic rings. The van der Waals surface area contributed by atoms with E-state index in [2.05, 4.69) is 15.2 Å². The molecule has 20 heavy (non-hydrogen) atoms. The molecule has 98 valence electrons. The van der Waals surface area contributed by atoms with Crippen LogP contribution in [0.4, 0.5) is 11.4 Å². The Morgan fingerprint density at radius 2 is 1.70 bits per heavy atom. The van der Waals surface area contributed by atoms with Crippen LogP contribution >= 0.6 is 0 Å². The van der Waals surface area contributed by atoms with Gasteiger partial charge >= 0.3 is 0 Å². The summed E-state index contributed by atoms with van der Waals surface area (Å²) in [6.07, 6.45) is 1.24. The molecule has 0 saturated heterocycles. The van der Waals surface area contributed by atoms with Crippen molar-refractivity contribution in [1.29, 1.82) is 0 Å². The first kappa shape index (κ1) is 12.2. The summed E-state index contributed by atoms with van der Waals surface area (Å²) in [6, 6.07) is 12.3. The van der Waals surface area contributed by atoms with Crippen LogP contribution in [0.25, 0.3) is 11.1 Å². The Bertz CT molecular complexity index is 836. The molecule has 0 amide bonds. The molecule has 1 aromatic heterocycles. The van der Waals surface area contributed by atoms with Gasteiger partial charge in [0.2, 0.25) is 11.0 Å². The minimum Gasteiger partial charge on any atom is -0.439 e. The molecule has 0 aliphatic rings. The normalized spacial score (nSPS) is 11.2. The summed E-state index contributed by atoms with van der Waals surface area (Å²) in [5, 5.41) is 8.25. The van der Waals surface area contributed by atoms with Crippen LogP contribution in [0.3, 0.4) is 0 Å². The molecule has 0 fully saturated rings. The molecule has 5 nitrogen and oxygen atoms in total. The van der Waals surface area contributed by atoms with Gasteiger partial charge in [-0.05, 0) is 37.3 Å². The minimum absolute atomic E-state index is 0.224. The molecule has 1 heterocycles. The highest BCUT2D eigenvalue weighted by Gasteiger charge is 2.02. The van der Waals surface area contributed by atoms with E-state index in [4.69, 9.17) is 4.42 Å². The SMILES string of the molecule is Cc1ccc(N=Nc2ccc(=O)c3ocnc3c2)cc1. The van der Waals surface area contributed by atoms with Gasteiger partial charge in [0.05, 0.1) is 11.4 Å². The lowest BCUT2D eigenvalue weighted by Crippen LogP contribution is -1.91. The first-order valence-corrected chi connectivity index (χ1v) is 6.08. The molecule has 0 bridgehead atoms. The summed E-state index contributed by atoms with van der Waals surface area (Å²) in [4.78, 5) is 15.7. The van der Waals surface area contributed by atoms with E-state index in [1.807, 2.05) is 31.2 Å². The summed E-state index contributed by atoms with van der Waals surface area (Å²) in [6.45, 7) is 2.01. The van der Waals surface area contributed by atoms with E-state index in [-0.39, 0.29) is 11.0 Å². The van der Waals surface area contributed by atoms with Crippen molar-refractivity contribution in [2.24, 2.45) is 10.2 Å². The highest BCUT2D eigenvalue weighted by molar-refractivity contribution is 5.73. The first-order chi connectivity index (χ1) is 9.72. The summed E-state index contributed by atoms with van der Waals surface area (Å²) >= 11 is 0. The van der Waals surface area contributed by atoms with Crippen molar-refractivity contribution in [2.45, 2.75) is 6.92 Å². The van der Waals surface area contributed by atoms with Crippen molar-refractivity contribution in [3.05, 3.63) is 64.6 Å². The lowest BCUT2D eigenvalue weighted by Gasteiger charge is -1.93. The van der Waals surface area contributed by atoms with Crippen molar-refractivity contribution in [3.63, 3.8) is 0 Å². The second-order valence-electron chi connectivity index (χ2n) is 4.37. The third-order valence-corrected chi connectivity index (χ3v) is 2.82. The second-order valence-corrected chi connectivity index (χ2v) is 4.37. The van der Waals surface area contributed by atoms with E-state index in [0.717, 1.165) is 11.3 Å². The van der Waals surface area contributed by atoms with E-state index < -0.39 is 0 Å². The van der Waals surface area contributed by atoms with Gasteiger partial charge in [0, 0.05) is 0 Å². The third kappa shape index (κ3) is 2.47. The van der Waals surface area contributed by atoms with Crippen molar-refractivity contribution >= 4 is 22.5 Å². The average Bonchev–Trinajstić information content (AvgIpc) is 2.86. The number of azo groups is 1. The molecule has 0 spiro atoms. The van der Waals surface area contributed by atoms with Crippen molar-refractivity contribution in [2.75, 3.05) is 0 Å².